The van der Waals surface area contributed by atoms with E-state index in [1.165, 1.54) is 11.1 Å². The first-order valence-corrected chi connectivity index (χ1v) is 8.23. The summed E-state index contributed by atoms with van der Waals surface area (Å²) in [7, 11) is 0. The molecule has 1 aromatic heterocycles. The van der Waals surface area contributed by atoms with Crippen LogP contribution in [0.4, 0.5) is 5.95 Å². The number of ketones is 1. The van der Waals surface area contributed by atoms with Crippen LogP contribution < -0.4 is 5.32 Å². The maximum absolute atomic E-state index is 12.2. The highest BCUT2D eigenvalue weighted by Gasteiger charge is 2.32. The SMILES string of the molecule is CC1(C)CC(=O)c2cnc(NC3Cc4ccccc4C3)nc2C1. The van der Waals surface area contributed by atoms with E-state index in [9.17, 15) is 4.79 Å². The van der Waals surface area contributed by atoms with Gasteiger partial charge in [-0.25, -0.2) is 9.97 Å². The van der Waals surface area contributed by atoms with Gasteiger partial charge in [0.1, 0.15) is 0 Å². The van der Waals surface area contributed by atoms with Crippen LogP contribution in [0.25, 0.3) is 0 Å². The standard InChI is InChI=1S/C19H21N3O/c1-19(2)9-16-15(17(23)10-19)11-20-18(22-16)21-14-7-12-5-3-4-6-13(12)8-14/h3-6,11,14H,7-10H2,1-2H3,(H,20,21,22). The van der Waals surface area contributed by atoms with Crippen molar-refractivity contribution in [3.05, 3.63) is 52.8 Å². The topological polar surface area (TPSA) is 54.9 Å². The molecule has 1 heterocycles. The van der Waals surface area contributed by atoms with Gasteiger partial charge in [-0.1, -0.05) is 38.1 Å². The third-order valence-corrected chi connectivity index (χ3v) is 4.84. The summed E-state index contributed by atoms with van der Waals surface area (Å²) in [5, 5.41) is 3.45. The second-order valence-corrected chi connectivity index (χ2v) is 7.51. The minimum Gasteiger partial charge on any atom is -0.351 e. The molecule has 0 atom stereocenters. The number of benzene rings is 1. The van der Waals surface area contributed by atoms with E-state index in [0.29, 0.717) is 24.0 Å². The Morgan fingerprint density at radius 3 is 2.52 bits per heavy atom. The van der Waals surface area contributed by atoms with E-state index in [-0.39, 0.29) is 11.2 Å². The molecule has 2 aromatic rings. The monoisotopic (exact) mass is 307 g/mol. The van der Waals surface area contributed by atoms with Crippen molar-refractivity contribution in [2.75, 3.05) is 5.32 Å². The second kappa shape index (κ2) is 5.15. The number of carbonyl (C=O) groups is 1. The van der Waals surface area contributed by atoms with Crippen molar-refractivity contribution in [1.82, 2.24) is 9.97 Å². The number of carbonyl (C=O) groups excluding carboxylic acids is 1. The smallest absolute Gasteiger partial charge is 0.223 e. The highest BCUT2D eigenvalue weighted by Crippen LogP contribution is 2.34. The van der Waals surface area contributed by atoms with Gasteiger partial charge < -0.3 is 5.32 Å². The lowest BCUT2D eigenvalue weighted by Crippen LogP contribution is -2.29. The van der Waals surface area contributed by atoms with Crippen LogP contribution in [0.1, 0.15) is 47.4 Å². The van der Waals surface area contributed by atoms with Crippen LogP contribution in [0.5, 0.6) is 0 Å². The van der Waals surface area contributed by atoms with Gasteiger partial charge in [-0.15, -0.1) is 0 Å². The number of rotatable bonds is 2. The summed E-state index contributed by atoms with van der Waals surface area (Å²) in [6, 6.07) is 8.88. The van der Waals surface area contributed by atoms with E-state index in [4.69, 9.17) is 0 Å². The van der Waals surface area contributed by atoms with Gasteiger partial charge >= 0.3 is 0 Å². The molecule has 0 amide bonds. The van der Waals surface area contributed by atoms with Crippen LogP contribution in [-0.4, -0.2) is 21.8 Å². The molecule has 4 nitrogen and oxygen atoms in total. The molecule has 2 aliphatic rings. The molecule has 2 aliphatic carbocycles. The van der Waals surface area contributed by atoms with Gasteiger partial charge in [0.05, 0.1) is 11.3 Å². The molecule has 1 N–H and O–H groups in total. The van der Waals surface area contributed by atoms with Crippen LogP contribution in [0.3, 0.4) is 0 Å². The first-order valence-electron chi connectivity index (χ1n) is 8.23. The second-order valence-electron chi connectivity index (χ2n) is 7.51. The normalized spacial score (nSPS) is 19.3. The van der Waals surface area contributed by atoms with Gasteiger partial charge in [0.2, 0.25) is 5.95 Å². The number of hydrogen-bond acceptors (Lipinski definition) is 4. The Morgan fingerprint density at radius 2 is 1.83 bits per heavy atom. The fourth-order valence-electron chi connectivity index (χ4n) is 3.74. The fourth-order valence-corrected chi connectivity index (χ4v) is 3.74. The zero-order valence-corrected chi connectivity index (χ0v) is 13.6. The Kier molecular flexibility index (Phi) is 3.22. The Morgan fingerprint density at radius 1 is 1.13 bits per heavy atom. The van der Waals surface area contributed by atoms with E-state index in [1.54, 1.807) is 6.20 Å². The number of nitrogens with one attached hydrogen (secondary N) is 1. The van der Waals surface area contributed by atoms with Crippen LogP contribution in [0.2, 0.25) is 0 Å². The lowest BCUT2D eigenvalue weighted by Gasteiger charge is -2.29. The first kappa shape index (κ1) is 14.4. The van der Waals surface area contributed by atoms with E-state index in [0.717, 1.165) is 25.0 Å². The molecule has 0 radical (unpaired) electrons. The summed E-state index contributed by atoms with van der Waals surface area (Å²) in [5.74, 6) is 0.808. The van der Waals surface area contributed by atoms with Crippen LogP contribution >= 0.6 is 0 Å². The third kappa shape index (κ3) is 2.74. The highest BCUT2D eigenvalue weighted by molar-refractivity contribution is 5.98. The van der Waals surface area contributed by atoms with Crippen molar-refractivity contribution in [3.8, 4) is 0 Å². The molecule has 0 spiro atoms. The summed E-state index contributed by atoms with van der Waals surface area (Å²) in [4.78, 5) is 21.2. The summed E-state index contributed by atoms with van der Waals surface area (Å²) in [5.41, 5.74) is 4.38. The average molecular weight is 307 g/mol. The maximum atomic E-state index is 12.2. The third-order valence-electron chi connectivity index (χ3n) is 4.84. The average Bonchev–Trinajstić information content (AvgIpc) is 2.87. The molecule has 0 bridgehead atoms. The molecule has 0 aliphatic heterocycles. The molecule has 4 heteroatoms. The predicted octanol–water partition coefficient (Wildman–Crippen LogP) is 3.21. The van der Waals surface area contributed by atoms with Crippen molar-refractivity contribution in [2.45, 2.75) is 45.6 Å². The summed E-state index contributed by atoms with van der Waals surface area (Å²) < 4.78 is 0. The van der Waals surface area contributed by atoms with E-state index in [1.807, 2.05) is 0 Å². The minimum atomic E-state index is -0.0146. The van der Waals surface area contributed by atoms with Crippen molar-refractivity contribution in [3.63, 3.8) is 0 Å². The zero-order valence-electron chi connectivity index (χ0n) is 13.6. The van der Waals surface area contributed by atoms with Gasteiger partial charge in [-0.3, -0.25) is 4.79 Å². The van der Waals surface area contributed by atoms with Crippen molar-refractivity contribution >= 4 is 11.7 Å². The number of Topliss-reactive ketones (excluding diaryl/α,β-unsaturated/α-hetero) is 1. The number of hydrogen-bond donors (Lipinski definition) is 1. The zero-order chi connectivity index (χ0) is 16.0. The molecule has 0 fully saturated rings. The molecule has 1 aromatic carbocycles. The predicted molar refractivity (Wildman–Crippen MR) is 89.7 cm³/mol. The summed E-state index contributed by atoms with van der Waals surface area (Å²) in [6.45, 7) is 4.24. The van der Waals surface area contributed by atoms with Gasteiger partial charge in [0.15, 0.2) is 5.78 Å². The lowest BCUT2D eigenvalue weighted by atomic mass is 9.76. The van der Waals surface area contributed by atoms with Gasteiger partial charge in [-0.05, 0) is 35.8 Å². The minimum absolute atomic E-state index is 0.0146. The first-order chi connectivity index (χ1) is 11.0. The molecule has 0 saturated heterocycles. The van der Waals surface area contributed by atoms with Gasteiger partial charge in [0, 0.05) is 18.7 Å². The Balaban J connectivity index is 1.55. The Bertz CT molecular complexity index is 757. The highest BCUT2D eigenvalue weighted by atomic mass is 16.1. The van der Waals surface area contributed by atoms with E-state index >= 15 is 0 Å². The van der Waals surface area contributed by atoms with Crippen LogP contribution in [0, 0.1) is 5.41 Å². The number of nitrogens with zero attached hydrogens (tertiary/aromatic N) is 2. The summed E-state index contributed by atoms with van der Waals surface area (Å²) in [6.07, 6.45) is 5.11. The van der Waals surface area contributed by atoms with Crippen LogP contribution in [-0.2, 0) is 19.3 Å². The molecule has 118 valence electrons. The quantitative estimate of drug-likeness (QED) is 0.925. The number of aromatic nitrogens is 2. The van der Waals surface area contributed by atoms with E-state index < -0.39 is 0 Å². The van der Waals surface area contributed by atoms with Gasteiger partial charge in [-0.2, -0.15) is 0 Å². The molecule has 0 saturated carbocycles. The molecule has 23 heavy (non-hydrogen) atoms. The van der Waals surface area contributed by atoms with Crippen LogP contribution in [0.15, 0.2) is 30.5 Å². The molecular weight excluding hydrogens is 286 g/mol. The number of anilines is 1. The fraction of sp³-hybridized carbons (Fsp3) is 0.421. The maximum Gasteiger partial charge on any atom is 0.223 e. The lowest BCUT2D eigenvalue weighted by molar-refractivity contribution is 0.0910. The molecule has 4 rings (SSSR count). The molecular formula is C19H21N3O. The van der Waals surface area contributed by atoms with Gasteiger partial charge in [0.25, 0.3) is 0 Å². The van der Waals surface area contributed by atoms with Crippen molar-refractivity contribution < 1.29 is 4.79 Å². The molecule has 0 unspecified atom stereocenters. The van der Waals surface area contributed by atoms with E-state index in [2.05, 4.69) is 53.4 Å². The Labute approximate surface area is 136 Å². The Hall–Kier alpha value is -2.23. The van der Waals surface area contributed by atoms with Crippen molar-refractivity contribution in [1.29, 1.82) is 0 Å². The van der Waals surface area contributed by atoms with Crippen molar-refractivity contribution in [2.24, 2.45) is 5.41 Å². The largest absolute Gasteiger partial charge is 0.351 e. The number of fused-ring (bicyclic) bond motifs is 2. The summed E-state index contributed by atoms with van der Waals surface area (Å²) >= 11 is 0.